The summed E-state index contributed by atoms with van der Waals surface area (Å²) in [6, 6.07) is 10.8. The summed E-state index contributed by atoms with van der Waals surface area (Å²) >= 11 is 0. The van der Waals surface area contributed by atoms with Crippen molar-refractivity contribution in [3.63, 3.8) is 0 Å². The largest absolute Gasteiger partial charge is 0.497 e. The van der Waals surface area contributed by atoms with E-state index in [1.807, 2.05) is 12.1 Å². The Morgan fingerprint density at radius 3 is 2.84 bits per heavy atom. The number of methoxy groups -OCH3 is 1. The van der Waals surface area contributed by atoms with Crippen LogP contribution in [-0.2, 0) is 4.74 Å². The number of benzene rings is 1. The molecule has 0 bridgehead atoms. The molecule has 0 radical (unpaired) electrons. The molecule has 3 aromatic rings. The molecule has 0 spiro atoms. The van der Waals surface area contributed by atoms with Crippen molar-refractivity contribution in [2.75, 3.05) is 38.3 Å². The van der Waals surface area contributed by atoms with E-state index < -0.39 is 0 Å². The predicted molar refractivity (Wildman–Crippen MR) is 93.5 cm³/mol. The van der Waals surface area contributed by atoms with Crippen LogP contribution in [-0.4, -0.2) is 44.2 Å². The molecule has 6 nitrogen and oxygen atoms in total. The Bertz CT molecular complexity index is 913. The maximum atomic E-state index is 13.0. The fourth-order valence-electron chi connectivity index (χ4n) is 2.99. The number of ether oxygens (including phenoxy) is 2. The first-order valence-electron chi connectivity index (χ1n) is 8.16. The van der Waals surface area contributed by atoms with Gasteiger partial charge in [-0.3, -0.25) is 4.79 Å². The number of ketones is 1. The molecule has 1 saturated heterocycles. The number of nitrogens with zero attached hydrogens (tertiary/aromatic N) is 2. The second kappa shape index (κ2) is 6.57. The number of fused-ring (bicyclic) bond motifs is 1. The first kappa shape index (κ1) is 15.7. The quantitative estimate of drug-likeness (QED) is 0.682. The van der Waals surface area contributed by atoms with Gasteiger partial charge in [-0.1, -0.05) is 0 Å². The number of furan rings is 1. The van der Waals surface area contributed by atoms with Crippen molar-refractivity contribution in [1.29, 1.82) is 0 Å². The van der Waals surface area contributed by atoms with Gasteiger partial charge in [0.15, 0.2) is 5.76 Å². The lowest BCUT2D eigenvalue weighted by molar-refractivity contribution is 0.101. The number of aromatic nitrogens is 1. The van der Waals surface area contributed by atoms with E-state index in [9.17, 15) is 4.79 Å². The zero-order valence-electron chi connectivity index (χ0n) is 13.9. The molecular weight excluding hydrogens is 320 g/mol. The number of carbonyl (C=O) groups is 1. The standard InChI is InChI=1S/C19H18N2O4/c1-23-14-4-5-16-13(11-14)12-17(25-16)18(22)15-3-2-6-20-19(15)21-7-9-24-10-8-21/h2-6,11-12H,7-10H2,1H3. The van der Waals surface area contributed by atoms with E-state index in [4.69, 9.17) is 13.9 Å². The van der Waals surface area contributed by atoms with E-state index in [1.165, 1.54) is 0 Å². The number of anilines is 1. The fourth-order valence-corrected chi connectivity index (χ4v) is 2.99. The normalized spacial score (nSPS) is 14.7. The van der Waals surface area contributed by atoms with E-state index >= 15 is 0 Å². The second-order valence-electron chi connectivity index (χ2n) is 5.82. The highest BCUT2D eigenvalue weighted by Gasteiger charge is 2.23. The number of hydrogen-bond acceptors (Lipinski definition) is 6. The fraction of sp³-hybridized carbons (Fsp3) is 0.263. The maximum Gasteiger partial charge on any atom is 0.231 e. The summed E-state index contributed by atoms with van der Waals surface area (Å²) < 4.78 is 16.4. The molecule has 0 aliphatic carbocycles. The first-order chi connectivity index (χ1) is 12.3. The lowest BCUT2D eigenvalue weighted by atomic mass is 10.1. The summed E-state index contributed by atoms with van der Waals surface area (Å²) in [5, 5.41) is 0.833. The van der Waals surface area contributed by atoms with Crippen LogP contribution in [0.4, 0.5) is 5.82 Å². The summed E-state index contributed by atoms with van der Waals surface area (Å²) in [7, 11) is 1.61. The highest BCUT2D eigenvalue weighted by molar-refractivity contribution is 6.11. The van der Waals surface area contributed by atoms with Crippen LogP contribution in [0.5, 0.6) is 5.75 Å². The van der Waals surface area contributed by atoms with E-state index in [0.717, 1.165) is 11.1 Å². The molecule has 3 heterocycles. The Morgan fingerprint density at radius 2 is 2.04 bits per heavy atom. The van der Waals surface area contributed by atoms with Crippen LogP contribution in [0.2, 0.25) is 0 Å². The van der Waals surface area contributed by atoms with Gasteiger partial charge in [0.25, 0.3) is 0 Å². The summed E-state index contributed by atoms with van der Waals surface area (Å²) in [5.41, 5.74) is 1.19. The molecule has 1 fully saturated rings. The Morgan fingerprint density at radius 1 is 1.20 bits per heavy atom. The zero-order chi connectivity index (χ0) is 17.2. The third-order valence-corrected chi connectivity index (χ3v) is 4.29. The summed E-state index contributed by atoms with van der Waals surface area (Å²) in [6.45, 7) is 2.70. The summed E-state index contributed by atoms with van der Waals surface area (Å²) in [4.78, 5) is 19.5. The molecular formula is C19H18N2O4. The number of hydrogen-bond donors (Lipinski definition) is 0. The average Bonchev–Trinajstić information content (AvgIpc) is 3.11. The van der Waals surface area contributed by atoms with Crippen LogP contribution in [0.1, 0.15) is 16.1 Å². The zero-order valence-corrected chi connectivity index (χ0v) is 13.9. The number of rotatable bonds is 4. The lowest BCUT2D eigenvalue weighted by Gasteiger charge is -2.28. The second-order valence-corrected chi connectivity index (χ2v) is 5.82. The molecule has 0 atom stereocenters. The minimum atomic E-state index is -0.176. The molecule has 6 heteroatoms. The third-order valence-electron chi connectivity index (χ3n) is 4.29. The topological polar surface area (TPSA) is 64.8 Å². The number of carbonyl (C=O) groups excluding carboxylic acids is 1. The van der Waals surface area contributed by atoms with Gasteiger partial charge in [0.05, 0.1) is 25.9 Å². The minimum absolute atomic E-state index is 0.176. The SMILES string of the molecule is COc1ccc2oc(C(=O)c3cccnc3N3CCOCC3)cc2c1. The Balaban J connectivity index is 1.71. The third kappa shape index (κ3) is 2.96. The Hall–Kier alpha value is -2.86. The minimum Gasteiger partial charge on any atom is -0.497 e. The molecule has 2 aromatic heterocycles. The van der Waals surface area contributed by atoms with E-state index in [-0.39, 0.29) is 5.78 Å². The molecule has 0 saturated carbocycles. The van der Waals surface area contributed by atoms with Crippen molar-refractivity contribution in [2.45, 2.75) is 0 Å². The van der Waals surface area contributed by atoms with Gasteiger partial charge < -0.3 is 18.8 Å². The van der Waals surface area contributed by atoms with E-state index in [1.54, 1.807) is 37.6 Å². The molecule has 0 N–H and O–H groups in total. The maximum absolute atomic E-state index is 13.0. The highest BCUT2D eigenvalue weighted by atomic mass is 16.5. The van der Waals surface area contributed by atoms with Crippen molar-refractivity contribution in [2.24, 2.45) is 0 Å². The van der Waals surface area contributed by atoms with Crippen molar-refractivity contribution in [3.8, 4) is 5.75 Å². The van der Waals surface area contributed by atoms with Crippen LogP contribution in [0.3, 0.4) is 0 Å². The smallest absolute Gasteiger partial charge is 0.231 e. The van der Waals surface area contributed by atoms with Crippen molar-refractivity contribution in [3.05, 3.63) is 53.9 Å². The van der Waals surface area contributed by atoms with Crippen LogP contribution < -0.4 is 9.64 Å². The van der Waals surface area contributed by atoms with Gasteiger partial charge in [0, 0.05) is 24.7 Å². The lowest BCUT2D eigenvalue weighted by Crippen LogP contribution is -2.37. The van der Waals surface area contributed by atoms with Gasteiger partial charge in [-0.2, -0.15) is 0 Å². The Labute approximate surface area is 145 Å². The monoisotopic (exact) mass is 338 g/mol. The van der Waals surface area contributed by atoms with Crippen molar-refractivity contribution >= 4 is 22.6 Å². The van der Waals surface area contributed by atoms with Gasteiger partial charge in [0.2, 0.25) is 5.78 Å². The molecule has 1 aromatic carbocycles. The van der Waals surface area contributed by atoms with Crippen molar-refractivity contribution < 1.29 is 18.7 Å². The average molecular weight is 338 g/mol. The van der Waals surface area contributed by atoms with E-state index in [2.05, 4.69) is 9.88 Å². The molecule has 128 valence electrons. The summed E-state index contributed by atoms with van der Waals surface area (Å²) in [6.07, 6.45) is 1.70. The predicted octanol–water partition coefficient (Wildman–Crippen LogP) is 2.90. The van der Waals surface area contributed by atoms with Crippen LogP contribution >= 0.6 is 0 Å². The van der Waals surface area contributed by atoms with Gasteiger partial charge in [-0.05, 0) is 36.4 Å². The molecule has 0 amide bonds. The first-order valence-corrected chi connectivity index (χ1v) is 8.16. The summed E-state index contributed by atoms with van der Waals surface area (Å²) in [5.74, 6) is 1.52. The number of morpholine rings is 1. The molecule has 25 heavy (non-hydrogen) atoms. The highest BCUT2D eigenvalue weighted by Crippen LogP contribution is 2.27. The molecule has 1 aliphatic heterocycles. The van der Waals surface area contributed by atoms with Crippen LogP contribution in [0.25, 0.3) is 11.0 Å². The Kier molecular flexibility index (Phi) is 4.11. The van der Waals surface area contributed by atoms with E-state index in [0.29, 0.717) is 49.0 Å². The molecule has 0 unspecified atom stereocenters. The van der Waals surface area contributed by atoms with Gasteiger partial charge in [-0.25, -0.2) is 4.98 Å². The van der Waals surface area contributed by atoms with Crippen LogP contribution in [0, 0.1) is 0 Å². The van der Waals surface area contributed by atoms with Gasteiger partial charge in [-0.15, -0.1) is 0 Å². The molecule has 1 aliphatic rings. The molecule has 4 rings (SSSR count). The number of pyridine rings is 1. The van der Waals surface area contributed by atoms with Gasteiger partial charge in [0.1, 0.15) is 17.2 Å². The van der Waals surface area contributed by atoms with Crippen LogP contribution in [0.15, 0.2) is 47.0 Å². The van der Waals surface area contributed by atoms with Gasteiger partial charge >= 0.3 is 0 Å². The van der Waals surface area contributed by atoms with Crippen molar-refractivity contribution in [1.82, 2.24) is 4.98 Å².